The Morgan fingerprint density at radius 1 is 1.43 bits per heavy atom. The summed E-state index contributed by atoms with van der Waals surface area (Å²) in [5, 5.41) is 14.5. The molecule has 4 heteroatoms. The molecule has 2 atom stereocenters. The highest BCUT2D eigenvalue weighted by molar-refractivity contribution is 7.99. The van der Waals surface area contributed by atoms with Crippen molar-refractivity contribution in [3.05, 3.63) is 23.4 Å². The van der Waals surface area contributed by atoms with E-state index >= 15 is 0 Å². The van der Waals surface area contributed by atoms with Crippen molar-refractivity contribution in [1.82, 2.24) is 10.3 Å². The van der Waals surface area contributed by atoms with E-state index in [2.05, 4.69) is 43.2 Å². The van der Waals surface area contributed by atoms with Crippen LogP contribution in [0.4, 0.5) is 0 Å². The van der Waals surface area contributed by atoms with Crippen molar-refractivity contribution < 1.29 is 5.11 Å². The molecule has 0 spiro atoms. The molecular weight excluding hydrogens is 280 g/mol. The number of aliphatic hydroxyl groups excluding tert-OH is 1. The van der Waals surface area contributed by atoms with Crippen LogP contribution in [0.15, 0.2) is 17.2 Å². The van der Waals surface area contributed by atoms with Crippen LogP contribution >= 0.6 is 11.8 Å². The van der Waals surface area contributed by atoms with Gasteiger partial charge in [0.1, 0.15) is 0 Å². The molecule has 1 aliphatic rings. The fourth-order valence-corrected chi connectivity index (χ4v) is 4.69. The second kappa shape index (κ2) is 7.61. The normalized spacial score (nSPS) is 25.4. The first-order chi connectivity index (χ1) is 10.1. The van der Waals surface area contributed by atoms with Crippen LogP contribution in [-0.4, -0.2) is 34.5 Å². The fraction of sp³-hybridized carbons (Fsp3) is 0.706. The van der Waals surface area contributed by atoms with Gasteiger partial charge in [0.05, 0.1) is 11.6 Å². The zero-order chi connectivity index (χ0) is 15.3. The van der Waals surface area contributed by atoms with Crippen LogP contribution in [0.1, 0.15) is 43.9 Å². The average Bonchev–Trinajstić information content (AvgIpc) is 2.82. The van der Waals surface area contributed by atoms with Crippen LogP contribution in [0.25, 0.3) is 0 Å². The number of likely N-dealkylation sites (N-methyl/N-ethyl adjacent to an activating group) is 1. The van der Waals surface area contributed by atoms with Crippen LogP contribution in [-0.2, 0) is 0 Å². The third-order valence-electron chi connectivity index (χ3n) is 4.56. The van der Waals surface area contributed by atoms with Crippen molar-refractivity contribution in [3.63, 3.8) is 0 Å². The summed E-state index contributed by atoms with van der Waals surface area (Å²) in [6.45, 7) is 7.50. The molecule has 2 rings (SSSR count). The minimum Gasteiger partial charge on any atom is -0.394 e. The van der Waals surface area contributed by atoms with Gasteiger partial charge < -0.3 is 10.4 Å². The lowest BCUT2D eigenvalue weighted by molar-refractivity contribution is 0.124. The number of hydrogen-bond acceptors (Lipinski definition) is 4. The second-order valence-electron chi connectivity index (χ2n) is 6.19. The molecular formula is C17H28N2OS. The predicted octanol–water partition coefficient (Wildman–Crippen LogP) is 3.32. The summed E-state index contributed by atoms with van der Waals surface area (Å²) < 4.78 is 0. The molecule has 2 unspecified atom stereocenters. The topological polar surface area (TPSA) is 45.1 Å². The van der Waals surface area contributed by atoms with Crippen LogP contribution < -0.4 is 5.32 Å². The van der Waals surface area contributed by atoms with Crippen molar-refractivity contribution in [2.75, 3.05) is 18.9 Å². The molecule has 1 fully saturated rings. The van der Waals surface area contributed by atoms with Crippen molar-refractivity contribution in [3.8, 4) is 0 Å². The minimum absolute atomic E-state index is 0.0364. The summed E-state index contributed by atoms with van der Waals surface area (Å²) >= 11 is 1.84. The first-order valence-electron chi connectivity index (χ1n) is 8.03. The summed E-state index contributed by atoms with van der Waals surface area (Å²) in [4.78, 5) is 4.59. The highest BCUT2D eigenvalue weighted by Gasteiger charge is 2.41. The Hall–Kier alpha value is -0.580. The Kier molecular flexibility index (Phi) is 6.08. The van der Waals surface area contributed by atoms with Gasteiger partial charge in [-0.25, -0.2) is 4.98 Å². The van der Waals surface area contributed by atoms with Crippen LogP contribution in [0.2, 0.25) is 0 Å². The Morgan fingerprint density at radius 3 is 2.90 bits per heavy atom. The number of nitrogens with zero attached hydrogens (tertiary/aromatic N) is 1. The molecule has 1 saturated carbocycles. The SMILES string of the molecule is CCNC1(CO)CCCC1CCSc1cc(C)cc(C)n1. The molecule has 0 saturated heterocycles. The Balaban J connectivity index is 1.90. The molecule has 3 nitrogen and oxygen atoms in total. The van der Waals surface area contributed by atoms with Crippen molar-refractivity contribution >= 4 is 11.8 Å². The number of pyridine rings is 1. The van der Waals surface area contributed by atoms with E-state index in [1.807, 2.05) is 11.8 Å². The van der Waals surface area contributed by atoms with Crippen LogP contribution in [0, 0.1) is 19.8 Å². The lowest BCUT2D eigenvalue weighted by Crippen LogP contribution is -2.51. The van der Waals surface area contributed by atoms with Crippen LogP contribution in [0.3, 0.4) is 0 Å². The van der Waals surface area contributed by atoms with E-state index in [0.29, 0.717) is 5.92 Å². The maximum Gasteiger partial charge on any atom is 0.0965 e. The van der Waals surface area contributed by atoms with Gasteiger partial charge in [0.25, 0.3) is 0 Å². The molecule has 1 aromatic heterocycles. The van der Waals surface area contributed by atoms with Gasteiger partial charge in [0.2, 0.25) is 0 Å². The van der Waals surface area contributed by atoms with Gasteiger partial charge in [-0.15, -0.1) is 11.8 Å². The first kappa shape index (κ1) is 16.8. The molecule has 1 heterocycles. The molecule has 1 aliphatic carbocycles. The molecule has 1 aromatic rings. The van der Waals surface area contributed by atoms with Crippen LogP contribution in [0.5, 0.6) is 0 Å². The zero-order valence-electron chi connectivity index (χ0n) is 13.5. The van der Waals surface area contributed by atoms with E-state index in [1.54, 1.807) is 0 Å². The van der Waals surface area contributed by atoms with Crippen molar-refractivity contribution in [1.29, 1.82) is 0 Å². The number of rotatable bonds is 7. The number of hydrogen-bond donors (Lipinski definition) is 2. The number of aliphatic hydroxyl groups is 1. The highest BCUT2D eigenvalue weighted by Crippen LogP contribution is 2.38. The molecule has 0 aliphatic heterocycles. The van der Waals surface area contributed by atoms with Gasteiger partial charge in [-0.3, -0.25) is 0 Å². The minimum atomic E-state index is -0.0364. The molecule has 0 aromatic carbocycles. The van der Waals surface area contributed by atoms with Gasteiger partial charge in [-0.1, -0.05) is 13.3 Å². The number of thioether (sulfide) groups is 1. The highest BCUT2D eigenvalue weighted by atomic mass is 32.2. The number of aromatic nitrogens is 1. The van der Waals surface area contributed by atoms with Gasteiger partial charge >= 0.3 is 0 Å². The van der Waals surface area contributed by atoms with E-state index in [1.165, 1.54) is 18.4 Å². The Bertz CT molecular complexity index is 446. The average molecular weight is 308 g/mol. The molecule has 118 valence electrons. The predicted molar refractivity (Wildman–Crippen MR) is 89.9 cm³/mol. The lowest BCUT2D eigenvalue weighted by atomic mass is 9.86. The van der Waals surface area contributed by atoms with E-state index in [0.717, 1.165) is 35.9 Å². The van der Waals surface area contributed by atoms with Gasteiger partial charge in [0, 0.05) is 11.2 Å². The van der Waals surface area contributed by atoms with E-state index in [9.17, 15) is 5.11 Å². The molecule has 0 amide bonds. The lowest BCUT2D eigenvalue weighted by Gasteiger charge is -2.34. The molecule has 21 heavy (non-hydrogen) atoms. The molecule has 0 radical (unpaired) electrons. The monoisotopic (exact) mass is 308 g/mol. The summed E-state index contributed by atoms with van der Waals surface area (Å²) in [5.74, 6) is 1.66. The maximum atomic E-state index is 9.83. The van der Waals surface area contributed by atoms with E-state index in [-0.39, 0.29) is 12.1 Å². The Labute approximate surface area is 132 Å². The van der Waals surface area contributed by atoms with Gasteiger partial charge in [-0.05, 0) is 69.0 Å². The maximum absolute atomic E-state index is 9.83. The third kappa shape index (κ3) is 4.21. The quantitative estimate of drug-likeness (QED) is 0.759. The second-order valence-corrected chi connectivity index (χ2v) is 7.31. The number of aryl methyl sites for hydroxylation is 2. The largest absolute Gasteiger partial charge is 0.394 e. The standard InChI is InChI=1S/C17H28N2OS/c1-4-18-17(12-20)8-5-6-15(17)7-9-21-16-11-13(2)10-14(3)19-16/h10-11,15,18,20H,4-9,12H2,1-3H3. The van der Waals surface area contributed by atoms with E-state index < -0.39 is 0 Å². The van der Waals surface area contributed by atoms with Crippen molar-refractivity contribution in [2.24, 2.45) is 5.92 Å². The fourth-order valence-electron chi connectivity index (χ4n) is 3.60. The zero-order valence-corrected chi connectivity index (χ0v) is 14.3. The molecule has 0 bridgehead atoms. The Morgan fingerprint density at radius 2 is 2.24 bits per heavy atom. The van der Waals surface area contributed by atoms with E-state index in [4.69, 9.17) is 0 Å². The summed E-state index contributed by atoms with van der Waals surface area (Å²) in [5.41, 5.74) is 2.34. The first-order valence-corrected chi connectivity index (χ1v) is 9.02. The summed E-state index contributed by atoms with van der Waals surface area (Å²) in [7, 11) is 0. The summed E-state index contributed by atoms with van der Waals surface area (Å²) in [6, 6.07) is 4.28. The smallest absolute Gasteiger partial charge is 0.0965 e. The molecule has 2 N–H and O–H groups in total. The summed E-state index contributed by atoms with van der Waals surface area (Å²) in [6.07, 6.45) is 4.71. The number of nitrogens with one attached hydrogen (secondary N) is 1. The van der Waals surface area contributed by atoms with Gasteiger partial charge in [0.15, 0.2) is 0 Å². The third-order valence-corrected chi connectivity index (χ3v) is 5.50. The van der Waals surface area contributed by atoms with Gasteiger partial charge in [-0.2, -0.15) is 0 Å². The van der Waals surface area contributed by atoms with Crippen molar-refractivity contribution in [2.45, 2.75) is 57.0 Å².